The summed E-state index contributed by atoms with van der Waals surface area (Å²) in [4.78, 5) is 25.4. The number of rotatable bonds is 14. The monoisotopic (exact) mass is 473 g/mol. The van der Waals surface area contributed by atoms with E-state index >= 15 is 0 Å². The van der Waals surface area contributed by atoms with Gasteiger partial charge in [0, 0.05) is 29.2 Å². The molecule has 0 spiro atoms. The van der Waals surface area contributed by atoms with Gasteiger partial charge in [-0.3, -0.25) is 9.69 Å². The zero-order valence-corrected chi connectivity index (χ0v) is 20.4. The van der Waals surface area contributed by atoms with Crippen LogP contribution in [0.1, 0.15) is 51.0 Å². The molecule has 0 saturated carbocycles. The van der Waals surface area contributed by atoms with Crippen LogP contribution in [0.15, 0.2) is 54.6 Å². The van der Waals surface area contributed by atoms with Crippen LogP contribution in [0.3, 0.4) is 0 Å². The molecule has 1 atom stereocenters. The van der Waals surface area contributed by atoms with Crippen LogP contribution in [-0.4, -0.2) is 37.7 Å². The highest BCUT2D eigenvalue weighted by atomic mass is 35.5. The van der Waals surface area contributed by atoms with Crippen molar-refractivity contribution in [3.05, 3.63) is 65.2 Å². The molecular formula is C26H36ClN3O3. The van der Waals surface area contributed by atoms with Crippen LogP contribution in [0.5, 0.6) is 0 Å². The van der Waals surface area contributed by atoms with Gasteiger partial charge < -0.3 is 15.8 Å². The number of aryl methyl sites for hydroxylation is 1. The normalized spacial score (nSPS) is 12.7. The minimum atomic E-state index is -0.456. The summed E-state index contributed by atoms with van der Waals surface area (Å²) in [5.74, 6) is -0.193. The van der Waals surface area contributed by atoms with Crippen molar-refractivity contribution >= 4 is 29.3 Å². The van der Waals surface area contributed by atoms with Crippen LogP contribution in [0.25, 0.3) is 0 Å². The molecule has 2 aromatic carbocycles. The van der Waals surface area contributed by atoms with E-state index in [0.29, 0.717) is 13.0 Å². The molecule has 0 fully saturated rings. The van der Waals surface area contributed by atoms with Crippen molar-refractivity contribution in [3.8, 4) is 0 Å². The predicted molar refractivity (Wildman–Crippen MR) is 135 cm³/mol. The second kappa shape index (κ2) is 13.9. The summed E-state index contributed by atoms with van der Waals surface area (Å²) >= 11 is 6.04. The van der Waals surface area contributed by atoms with Gasteiger partial charge in [-0.25, -0.2) is 4.79 Å². The third-order valence-electron chi connectivity index (χ3n) is 5.99. The fourth-order valence-corrected chi connectivity index (χ4v) is 4.40. The number of nitrogens with one attached hydrogen (secondary N) is 1. The van der Waals surface area contributed by atoms with E-state index in [9.17, 15) is 9.59 Å². The van der Waals surface area contributed by atoms with Crippen LogP contribution >= 0.6 is 11.6 Å². The topological polar surface area (TPSA) is 84.7 Å². The summed E-state index contributed by atoms with van der Waals surface area (Å²) in [6.45, 7) is 3.44. The molecule has 0 aliphatic heterocycles. The van der Waals surface area contributed by atoms with Gasteiger partial charge in [-0.05, 0) is 74.9 Å². The van der Waals surface area contributed by atoms with Crippen molar-refractivity contribution in [2.45, 2.75) is 57.4 Å². The minimum Gasteiger partial charge on any atom is -0.469 e. The quantitative estimate of drug-likeness (QED) is 0.363. The molecule has 0 saturated heterocycles. The molecule has 2 aromatic rings. The summed E-state index contributed by atoms with van der Waals surface area (Å²) < 4.78 is 4.82. The predicted octanol–water partition coefficient (Wildman–Crippen LogP) is 5.33. The van der Waals surface area contributed by atoms with Gasteiger partial charge in [0.2, 0.25) is 0 Å². The standard InChI is InChI=1S/C26H36ClN3O3/c1-3-29-26(17-7-11-24(31)33-2,19-16-21-12-14-22(27)15-13-21)18-8-20-30(25(28)32)23-9-5-4-6-10-23/h4-6,9-10,12-15,29H,3,7-8,11,16-20H2,1-2H3,(H2,28,32). The molecule has 2 rings (SSSR count). The number of primary amides is 1. The fraction of sp³-hybridized carbons (Fsp3) is 0.462. The molecule has 1 unspecified atom stereocenters. The molecule has 6 nitrogen and oxygen atoms in total. The lowest BCUT2D eigenvalue weighted by Crippen LogP contribution is -2.46. The highest BCUT2D eigenvalue weighted by Gasteiger charge is 2.29. The zero-order valence-electron chi connectivity index (χ0n) is 19.7. The molecule has 0 aliphatic carbocycles. The Balaban J connectivity index is 2.11. The molecule has 0 heterocycles. The van der Waals surface area contributed by atoms with Gasteiger partial charge in [0.05, 0.1) is 7.11 Å². The van der Waals surface area contributed by atoms with Gasteiger partial charge in [0.15, 0.2) is 0 Å². The minimum absolute atomic E-state index is 0.164. The lowest BCUT2D eigenvalue weighted by molar-refractivity contribution is -0.140. The number of hydrogen-bond donors (Lipinski definition) is 2. The Morgan fingerprint density at radius 2 is 1.70 bits per heavy atom. The SMILES string of the molecule is CCNC(CCCC(=O)OC)(CCCN(C(N)=O)c1ccccc1)CCc1ccc(Cl)cc1. The number of nitrogens with zero attached hydrogens (tertiary/aromatic N) is 1. The first-order valence-corrected chi connectivity index (χ1v) is 12.0. The number of carbonyl (C=O) groups excluding carboxylic acids is 2. The smallest absolute Gasteiger partial charge is 0.319 e. The summed E-state index contributed by atoms with van der Waals surface area (Å²) in [6.07, 6.45) is 5.40. The molecule has 7 heteroatoms. The molecule has 2 amide bonds. The van der Waals surface area contributed by atoms with Crippen molar-refractivity contribution in [2.24, 2.45) is 5.73 Å². The number of benzene rings is 2. The summed E-state index contributed by atoms with van der Waals surface area (Å²) in [7, 11) is 1.42. The maximum atomic E-state index is 12.1. The number of amides is 2. The number of esters is 1. The highest BCUT2D eigenvalue weighted by Crippen LogP contribution is 2.28. The Labute approximate surface area is 202 Å². The summed E-state index contributed by atoms with van der Waals surface area (Å²) in [6, 6.07) is 17.0. The number of carbonyl (C=O) groups is 2. The number of hydrogen-bond acceptors (Lipinski definition) is 4. The molecule has 0 radical (unpaired) electrons. The third kappa shape index (κ3) is 9.06. The second-order valence-corrected chi connectivity index (χ2v) is 8.73. The Kier molecular flexibility index (Phi) is 11.2. The third-order valence-corrected chi connectivity index (χ3v) is 6.24. The second-order valence-electron chi connectivity index (χ2n) is 8.30. The van der Waals surface area contributed by atoms with E-state index in [0.717, 1.165) is 55.8 Å². The average molecular weight is 474 g/mol. The molecule has 33 heavy (non-hydrogen) atoms. The van der Waals surface area contributed by atoms with Crippen LogP contribution in [-0.2, 0) is 16.0 Å². The van der Waals surface area contributed by atoms with Crippen LogP contribution in [0.2, 0.25) is 5.02 Å². The van der Waals surface area contributed by atoms with E-state index in [1.54, 1.807) is 4.90 Å². The number of halogens is 1. The van der Waals surface area contributed by atoms with E-state index < -0.39 is 6.03 Å². The Morgan fingerprint density at radius 3 is 2.30 bits per heavy atom. The number of nitrogens with two attached hydrogens (primary N) is 1. The summed E-state index contributed by atoms with van der Waals surface area (Å²) in [5.41, 5.74) is 7.52. The van der Waals surface area contributed by atoms with Crippen LogP contribution < -0.4 is 16.0 Å². The first-order valence-electron chi connectivity index (χ1n) is 11.6. The molecule has 0 bridgehead atoms. The van der Waals surface area contributed by atoms with Gasteiger partial charge in [0.1, 0.15) is 0 Å². The van der Waals surface area contributed by atoms with E-state index in [1.807, 2.05) is 42.5 Å². The van der Waals surface area contributed by atoms with Gasteiger partial charge >= 0.3 is 12.0 Å². The molecular weight excluding hydrogens is 438 g/mol. The van der Waals surface area contributed by atoms with Crippen molar-refractivity contribution in [2.75, 3.05) is 25.1 Å². The molecule has 180 valence electrons. The fourth-order valence-electron chi connectivity index (χ4n) is 4.27. The number of para-hydroxylation sites is 1. The van der Waals surface area contributed by atoms with Crippen LogP contribution in [0, 0.1) is 0 Å². The lowest BCUT2D eigenvalue weighted by Gasteiger charge is -2.36. The highest BCUT2D eigenvalue weighted by molar-refractivity contribution is 6.30. The Morgan fingerprint density at radius 1 is 1.03 bits per heavy atom. The molecule has 3 N–H and O–H groups in total. The number of anilines is 1. The molecule has 0 aliphatic rings. The van der Waals surface area contributed by atoms with Crippen LogP contribution in [0.4, 0.5) is 10.5 Å². The maximum absolute atomic E-state index is 12.1. The van der Waals surface area contributed by atoms with E-state index in [4.69, 9.17) is 22.1 Å². The first kappa shape index (κ1) is 26.7. The average Bonchev–Trinajstić information content (AvgIpc) is 2.82. The van der Waals surface area contributed by atoms with Crippen molar-refractivity contribution in [1.82, 2.24) is 5.32 Å². The lowest BCUT2D eigenvalue weighted by atomic mass is 9.82. The van der Waals surface area contributed by atoms with Gasteiger partial charge in [-0.15, -0.1) is 0 Å². The van der Waals surface area contributed by atoms with Crippen molar-refractivity contribution in [3.63, 3.8) is 0 Å². The van der Waals surface area contributed by atoms with Gasteiger partial charge in [-0.1, -0.05) is 48.9 Å². The largest absolute Gasteiger partial charge is 0.469 e. The maximum Gasteiger partial charge on any atom is 0.319 e. The Hall–Kier alpha value is -2.57. The van der Waals surface area contributed by atoms with E-state index in [1.165, 1.54) is 12.7 Å². The molecule has 0 aromatic heterocycles. The van der Waals surface area contributed by atoms with E-state index in [-0.39, 0.29) is 11.5 Å². The summed E-state index contributed by atoms with van der Waals surface area (Å²) in [5, 5.41) is 4.42. The van der Waals surface area contributed by atoms with Crippen molar-refractivity contribution in [1.29, 1.82) is 0 Å². The number of methoxy groups -OCH3 is 1. The number of ether oxygens (including phenoxy) is 1. The first-order chi connectivity index (χ1) is 15.9. The zero-order chi connectivity index (χ0) is 24.1. The van der Waals surface area contributed by atoms with Gasteiger partial charge in [-0.2, -0.15) is 0 Å². The van der Waals surface area contributed by atoms with E-state index in [2.05, 4.69) is 24.4 Å². The number of urea groups is 1. The van der Waals surface area contributed by atoms with Gasteiger partial charge in [0.25, 0.3) is 0 Å². The Bertz CT molecular complexity index is 861. The van der Waals surface area contributed by atoms with Crippen molar-refractivity contribution < 1.29 is 14.3 Å².